The number of hydrogen-bond acceptors (Lipinski definition) is 7. The van der Waals surface area contributed by atoms with Crippen LogP contribution in [0.15, 0.2) is 48.6 Å². The van der Waals surface area contributed by atoms with Gasteiger partial charge in [0.2, 0.25) is 0 Å². The Morgan fingerprint density at radius 3 is 1.45 bits per heavy atom. The van der Waals surface area contributed by atoms with Gasteiger partial charge >= 0.3 is 13.8 Å². The number of phosphoric ester groups is 1. The molecule has 0 aliphatic rings. The molecule has 0 saturated carbocycles. The molecule has 0 fully saturated rings. The monoisotopic (exact) mass is 796 g/mol. The minimum Gasteiger partial charge on any atom is -0.457 e. The quantitative estimate of drug-likeness (QED) is 0.0271. The zero-order valence-electron chi connectivity index (χ0n) is 35.7. The molecule has 3 N–H and O–H groups in total. The highest BCUT2D eigenvalue weighted by molar-refractivity contribution is 7.47. The summed E-state index contributed by atoms with van der Waals surface area (Å²) in [4.78, 5) is 22.5. The lowest BCUT2D eigenvalue weighted by Gasteiger charge is -2.20. The van der Waals surface area contributed by atoms with Crippen LogP contribution >= 0.6 is 7.82 Å². The minimum atomic E-state index is -4.28. The molecule has 0 aliphatic heterocycles. The van der Waals surface area contributed by atoms with Crippen LogP contribution in [0, 0.1) is 0 Å². The van der Waals surface area contributed by atoms with Crippen LogP contribution in [0.4, 0.5) is 0 Å². The summed E-state index contributed by atoms with van der Waals surface area (Å²) >= 11 is 0. The number of allylic oxidation sites excluding steroid dienone is 8. The Morgan fingerprint density at radius 1 is 0.545 bits per heavy atom. The summed E-state index contributed by atoms with van der Waals surface area (Å²) in [5.41, 5.74) is 5.37. The van der Waals surface area contributed by atoms with Crippen molar-refractivity contribution in [2.75, 3.05) is 33.0 Å². The van der Waals surface area contributed by atoms with Crippen LogP contribution in [-0.4, -0.2) is 49.9 Å². The number of phosphoric acid groups is 1. The Kier molecular flexibility index (Phi) is 42.4. The molecule has 8 nitrogen and oxygen atoms in total. The molecule has 0 bridgehead atoms. The van der Waals surface area contributed by atoms with Crippen molar-refractivity contribution >= 4 is 13.8 Å². The van der Waals surface area contributed by atoms with Crippen molar-refractivity contribution in [2.45, 2.75) is 206 Å². The van der Waals surface area contributed by atoms with Gasteiger partial charge in [-0.2, -0.15) is 0 Å². The van der Waals surface area contributed by atoms with Crippen molar-refractivity contribution in [1.82, 2.24) is 0 Å². The van der Waals surface area contributed by atoms with E-state index in [-0.39, 0.29) is 32.3 Å². The average molecular weight is 796 g/mol. The highest BCUT2D eigenvalue weighted by atomic mass is 31.2. The fourth-order valence-corrected chi connectivity index (χ4v) is 6.88. The highest BCUT2D eigenvalue weighted by Crippen LogP contribution is 2.43. The van der Waals surface area contributed by atoms with E-state index >= 15 is 0 Å². The fraction of sp³-hybridized carbons (Fsp3) is 0.804. The molecule has 2 unspecified atom stereocenters. The van der Waals surface area contributed by atoms with Crippen LogP contribution in [-0.2, 0) is 27.9 Å². The molecule has 0 aliphatic carbocycles. The summed E-state index contributed by atoms with van der Waals surface area (Å²) in [6.07, 6.45) is 51.3. The number of esters is 1. The predicted octanol–water partition coefficient (Wildman–Crippen LogP) is 13.6. The molecule has 0 radical (unpaired) electrons. The number of carbonyl (C=O) groups is 1. The van der Waals surface area contributed by atoms with E-state index in [1.54, 1.807) is 0 Å². The molecule has 0 aromatic carbocycles. The molecular formula is C46H86NO7P. The largest absolute Gasteiger partial charge is 0.472 e. The maximum absolute atomic E-state index is 12.6. The van der Waals surface area contributed by atoms with Crippen molar-refractivity contribution in [1.29, 1.82) is 0 Å². The van der Waals surface area contributed by atoms with Crippen LogP contribution < -0.4 is 5.73 Å². The van der Waals surface area contributed by atoms with Crippen LogP contribution in [0.2, 0.25) is 0 Å². The first-order valence-corrected chi connectivity index (χ1v) is 24.1. The van der Waals surface area contributed by atoms with Crippen molar-refractivity contribution in [2.24, 2.45) is 5.73 Å². The fourth-order valence-electron chi connectivity index (χ4n) is 6.12. The second-order valence-electron chi connectivity index (χ2n) is 14.9. The van der Waals surface area contributed by atoms with Gasteiger partial charge in [-0.15, -0.1) is 0 Å². The van der Waals surface area contributed by atoms with Gasteiger partial charge in [0.05, 0.1) is 19.8 Å². The Balaban J connectivity index is 4.03. The normalized spacial score (nSPS) is 13.9. The number of rotatable bonds is 43. The molecule has 9 heteroatoms. The van der Waals surface area contributed by atoms with Gasteiger partial charge in [0.25, 0.3) is 0 Å². The van der Waals surface area contributed by atoms with Crippen molar-refractivity contribution < 1.29 is 32.8 Å². The molecule has 0 spiro atoms. The third kappa shape index (κ3) is 43.4. The summed E-state index contributed by atoms with van der Waals surface area (Å²) in [5, 5.41) is 0. The van der Waals surface area contributed by atoms with E-state index in [1.807, 2.05) is 0 Å². The summed E-state index contributed by atoms with van der Waals surface area (Å²) < 4.78 is 33.5. The summed E-state index contributed by atoms with van der Waals surface area (Å²) in [6, 6.07) is 0. The molecule has 0 aromatic heterocycles. The van der Waals surface area contributed by atoms with E-state index < -0.39 is 13.9 Å². The number of unbranched alkanes of at least 4 members (excludes halogenated alkanes) is 22. The standard InChI is InChI=1S/C46H86NO7P/c1-3-5-7-9-11-13-15-17-19-21-22-23-24-26-28-30-32-34-36-38-41-51-43-45(44-53-55(49,50)52-42-40-47)54-46(48)39-37-35-33-31-29-27-25-20-18-16-14-12-10-8-6-4-2/h11,13-14,16-17,19-20,25,45H,3-10,12,15,18,21-24,26-44,47H2,1-2H3,(H,49,50)/b13-11-,16-14-,19-17-,25-20-. The van der Waals surface area contributed by atoms with Crippen molar-refractivity contribution in [3.63, 3.8) is 0 Å². The lowest BCUT2D eigenvalue weighted by atomic mass is 10.1. The van der Waals surface area contributed by atoms with Crippen molar-refractivity contribution in [3.8, 4) is 0 Å². The van der Waals surface area contributed by atoms with Gasteiger partial charge in [-0.1, -0.05) is 165 Å². The van der Waals surface area contributed by atoms with E-state index in [0.717, 1.165) is 64.2 Å². The van der Waals surface area contributed by atoms with Gasteiger partial charge in [-0.25, -0.2) is 4.57 Å². The molecule has 55 heavy (non-hydrogen) atoms. The highest BCUT2D eigenvalue weighted by Gasteiger charge is 2.25. The van der Waals surface area contributed by atoms with Gasteiger partial charge in [0.1, 0.15) is 6.10 Å². The Hall–Kier alpha value is -1.54. The molecule has 0 rings (SSSR count). The summed E-state index contributed by atoms with van der Waals surface area (Å²) in [5.74, 6) is -0.345. The zero-order chi connectivity index (χ0) is 40.2. The first-order valence-electron chi connectivity index (χ1n) is 22.6. The number of carbonyl (C=O) groups excluding carboxylic acids is 1. The molecule has 0 aromatic rings. The molecule has 322 valence electrons. The Morgan fingerprint density at radius 2 is 0.964 bits per heavy atom. The molecule has 0 saturated heterocycles. The van der Waals surface area contributed by atoms with Gasteiger partial charge in [0, 0.05) is 19.6 Å². The average Bonchev–Trinajstić information content (AvgIpc) is 3.17. The van der Waals surface area contributed by atoms with E-state index in [1.165, 1.54) is 116 Å². The van der Waals surface area contributed by atoms with E-state index in [4.69, 9.17) is 24.3 Å². The molecule has 2 atom stereocenters. The second-order valence-corrected chi connectivity index (χ2v) is 16.4. The van der Waals surface area contributed by atoms with E-state index in [0.29, 0.717) is 13.0 Å². The lowest BCUT2D eigenvalue weighted by Crippen LogP contribution is -2.28. The third-order valence-corrected chi connectivity index (χ3v) is 10.5. The second kappa shape index (κ2) is 43.6. The van der Waals surface area contributed by atoms with E-state index in [2.05, 4.69) is 62.5 Å². The van der Waals surface area contributed by atoms with Gasteiger partial charge in [0.15, 0.2) is 0 Å². The van der Waals surface area contributed by atoms with Gasteiger partial charge in [-0.05, 0) is 77.0 Å². The smallest absolute Gasteiger partial charge is 0.457 e. The van der Waals surface area contributed by atoms with Crippen LogP contribution in [0.1, 0.15) is 200 Å². The maximum Gasteiger partial charge on any atom is 0.472 e. The number of ether oxygens (including phenoxy) is 2. The topological polar surface area (TPSA) is 117 Å². The van der Waals surface area contributed by atoms with Crippen molar-refractivity contribution in [3.05, 3.63) is 48.6 Å². The third-order valence-electron chi connectivity index (χ3n) is 9.47. The van der Waals surface area contributed by atoms with Crippen LogP contribution in [0.5, 0.6) is 0 Å². The number of hydrogen-bond donors (Lipinski definition) is 2. The SMILES string of the molecule is CCCCC/C=C\C/C=C\CCCCCCCCCCCCOCC(COP(=O)(O)OCCN)OC(=O)CCCCCCC/C=C\C/C=C\CCCCCC. The Labute approximate surface area is 339 Å². The lowest BCUT2D eigenvalue weighted by molar-refractivity contribution is -0.154. The number of nitrogens with two attached hydrogens (primary N) is 1. The van der Waals surface area contributed by atoms with Crippen LogP contribution in [0.25, 0.3) is 0 Å². The molecule has 0 heterocycles. The predicted molar refractivity (Wildman–Crippen MR) is 233 cm³/mol. The molecule has 0 amide bonds. The first kappa shape index (κ1) is 53.5. The van der Waals surface area contributed by atoms with Gasteiger partial charge < -0.3 is 20.1 Å². The summed E-state index contributed by atoms with van der Waals surface area (Å²) in [7, 11) is -4.28. The maximum atomic E-state index is 12.6. The van der Waals surface area contributed by atoms with Gasteiger partial charge in [-0.3, -0.25) is 13.8 Å². The first-order chi connectivity index (χ1) is 26.9. The Bertz CT molecular complexity index is 983. The molecular weight excluding hydrogens is 709 g/mol. The zero-order valence-corrected chi connectivity index (χ0v) is 36.6. The van der Waals surface area contributed by atoms with E-state index in [9.17, 15) is 14.3 Å². The minimum absolute atomic E-state index is 0.0962. The summed E-state index contributed by atoms with van der Waals surface area (Å²) in [6.45, 7) is 4.86. The van der Waals surface area contributed by atoms with Crippen LogP contribution in [0.3, 0.4) is 0 Å².